The first-order valence-electron chi connectivity index (χ1n) is 4.96. The van der Waals surface area contributed by atoms with E-state index in [9.17, 15) is 0 Å². The van der Waals surface area contributed by atoms with Crippen molar-refractivity contribution in [1.82, 2.24) is 0 Å². The van der Waals surface area contributed by atoms with Crippen molar-refractivity contribution in [3.05, 3.63) is 0 Å². The highest BCUT2D eigenvalue weighted by atomic mass is 127. The molecule has 0 heterocycles. The lowest BCUT2D eigenvalue weighted by atomic mass is 10.2. The van der Waals surface area contributed by atoms with E-state index in [1.54, 1.807) is 0 Å². The van der Waals surface area contributed by atoms with Crippen LogP contribution in [0.2, 0.25) is 0 Å². The van der Waals surface area contributed by atoms with Crippen molar-refractivity contribution in [1.29, 1.82) is 0 Å². The molecule has 1 atom stereocenters. The summed E-state index contributed by atoms with van der Waals surface area (Å²) in [6, 6.07) is 0. The number of alkyl halides is 2. The topological polar surface area (TPSA) is 9.23 Å². The molecule has 0 aromatic rings. The molecule has 0 amide bonds. The maximum Gasteiger partial charge on any atom is 0.0878 e. The summed E-state index contributed by atoms with van der Waals surface area (Å²) < 4.78 is 6.74. The Balaban J connectivity index is 2.01. The zero-order valence-electron chi connectivity index (χ0n) is 8.19. The molecule has 1 rings (SSSR count). The molecule has 3 heteroatoms. The van der Waals surface area contributed by atoms with Gasteiger partial charge in [0.1, 0.15) is 0 Å². The Kier molecular flexibility index (Phi) is 5.34. The number of hydrogen-bond acceptors (Lipinski definition) is 1. The summed E-state index contributed by atoms with van der Waals surface area (Å²) in [7, 11) is 0. The second-order valence-corrected chi connectivity index (χ2v) is 5.18. The van der Waals surface area contributed by atoms with E-state index >= 15 is 0 Å². The first kappa shape index (κ1) is 12.1. The zero-order chi connectivity index (χ0) is 9.73. The highest BCUT2D eigenvalue weighted by Gasteiger charge is 2.23. The van der Waals surface area contributed by atoms with Crippen LogP contribution in [0.25, 0.3) is 0 Å². The number of rotatable bonds is 7. The fraction of sp³-hybridized carbons (Fsp3) is 1.00. The smallest absolute Gasteiger partial charge is 0.0878 e. The van der Waals surface area contributed by atoms with Gasteiger partial charge >= 0.3 is 0 Å². The molecular formula is C10H18ClIO. The summed E-state index contributed by atoms with van der Waals surface area (Å²) in [6.07, 6.45) is 5.44. The molecule has 1 aliphatic rings. The standard InChI is InChI=1S/C10H18ClIO/c1-10(7-11,8-12)13-6-2-3-9-4-5-9/h9H,2-8H2,1H3. The van der Waals surface area contributed by atoms with Gasteiger partial charge in [0.2, 0.25) is 0 Å². The average molecular weight is 317 g/mol. The number of ether oxygens (including phenoxy) is 1. The van der Waals surface area contributed by atoms with E-state index in [1.807, 2.05) is 0 Å². The molecule has 78 valence electrons. The van der Waals surface area contributed by atoms with E-state index in [-0.39, 0.29) is 5.60 Å². The summed E-state index contributed by atoms with van der Waals surface area (Å²) in [5, 5.41) is 0. The van der Waals surface area contributed by atoms with E-state index in [0.717, 1.165) is 17.0 Å². The highest BCUT2D eigenvalue weighted by Crippen LogP contribution is 2.33. The van der Waals surface area contributed by atoms with Gasteiger partial charge in [-0.1, -0.05) is 35.4 Å². The molecule has 1 aliphatic carbocycles. The minimum absolute atomic E-state index is 0.105. The second kappa shape index (κ2) is 5.76. The summed E-state index contributed by atoms with van der Waals surface area (Å²) in [4.78, 5) is 0. The van der Waals surface area contributed by atoms with Crippen LogP contribution >= 0.6 is 34.2 Å². The molecule has 0 N–H and O–H groups in total. The average Bonchev–Trinajstić information content (AvgIpc) is 2.96. The molecule has 1 unspecified atom stereocenters. The van der Waals surface area contributed by atoms with Gasteiger partial charge in [-0.15, -0.1) is 11.6 Å². The Hall–Kier alpha value is 0.980. The lowest BCUT2D eigenvalue weighted by Gasteiger charge is -2.25. The fourth-order valence-corrected chi connectivity index (χ4v) is 2.19. The van der Waals surface area contributed by atoms with Gasteiger partial charge in [-0.3, -0.25) is 0 Å². The third kappa shape index (κ3) is 4.84. The molecule has 0 saturated heterocycles. The lowest BCUT2D eigenvalue weighted by Crippen LogP contribution is -2.33. The summed E-state index contributed by atoms with van der Waals surface area (Å²) in [6.45, 7) is 2.96. The molecule has 1 saturated carbocycles. The zero-order valence-corrected chi connectivity index (χ0v) is 11.1. The Bertz CT molecular complexity index is 144. The highest BCUT2D eigenvalue weighted by molar-refractivity contribution is 14.1. The molecule has 0 aromatic heterocycles. The quantitative estimate of drug-likeness (QED) is 0.396. The van der Waals surface area contributed by atoms with Crippen molar-refractivity contribution >= 4 is 34.2 Å². The van der Waals surface area contributed by atoms with Crippen molar-refractivity contribution in [3.8, 4) is 0 Å². The van der Waals surface area contributed by atoms with Crippen LogP contribution in [0.4, 0.5) is 0 Å². The van der Waals surface area contributed by atoms with Crippen LogP contribution in [0.1, 0.15) is 32.6 Å². The molecule has 1 fully saturated rings. The fourth-order valence-electron chi connectivity index (χ4n) is 1.21. The molecule has 13 heavy (non-hydrogen) atoms. The third-order valence-electron chi connectivity index (χ3n) is 2.47. The van der Waals surface area contributed by atoms with Gasteiger partial charge in [0, 0.05) is 11.0 Å². The van der Waals surface area contributed by atoms with Gasteiger partial charge in [-0.2, -0.15) is 0 Å². The summed E-state index contributed by atoms with van der Waals surface area (Å²) in [5.74, 6) is 1.62. The van der Waals surface area contributed by atoms with Crippen LogP contribution < -0.4 is 0 Å². The van der Waals surface area contributed by atoms with Crippen molar-refractivity contribution in [2.24, 2.45) is 5.92 Å². The van der Waals surface area contributed by atoms with E-state index in [4.69, 9.17) is 16.3 Å². The molecule has 0 aromatic carbocycles. The van der Waals surface area contributed by atoms with Gasteiger partial charge in [0.15, 0.2) is 0 Å². The van der Waals surface area contributed by atoms with Crippen molar-refractivity contribution in [2.75, 3.05) is 16.9 Å². The molecular weight excluding hydrogens is 298 g/mol. The van der Waals surface area contributed by atoms with E-state index < -0.39 is 0 Å². The Morgan fingerprint density at radius 1 is 1.54 bits per heavy atom. The minimum Gasteiger partial charge on any atom is -0.373 e. The van der Waals surface area contributed by atoms with Gasteiger partial charge in [-0.05, 0) is 25.7 Å². The van der Waals surface area contributed by atoms with Crippen LogP contribution in [-0.4, -0.2) is 22.5 Å². The van der Waals surface area contributed by atoms with E-state index in [1.165, 1.54) is 25.7 Å². The predicted molar refractivity (Wildman–Crippen MR) is 65.9 cm³/mol. The number of hydrogen-bond donors (Lipinski definition) is 0. The van der Waals surface area contributed by atoms with E-state index in [0.29, 0.717) is 5.88 Å². The maximum absolute atomic E-state index is 5.83. The lowest BCUT2D eigenvalue weighted by molar-refractivity contribution is 0.00352. The normalized spacial score (nSPS) is 21.5. The van der Waals surface area contributed by atoms with Gasteiger partial charge in [-0.25, -0.2) is 0 Å². The Labute approximate surface area is 99.7 Å². The van der Waals surface area contributed by atoms with Crippen LogP contribution in [-0.2, 0) is 4.74 Å². The molecule has 0 spiro atoms. The summed E-state index contributed by atoms with van der Waals surface area (Å²) >= 11 is 8.17. The minimum atomic E-state index is -0.105. The third-order valence-corrected chi connectivity index (χ3v) is 4.65. The molecule has 0 bridgehead atoms. The molecule has 0 aliphatic heterocycles. The van der Waals surface area contributed by atoms with Crippen LogP contribution in [0, 0.1) is 5.92 Å². The van der Waals surface area contributed by atoms with Gasteiger partial charge in [0.05, 0.1) is 11.5 Å². The molecule has 0 radical (unpaired) electrons. The van der Waals surface area contributed by atoms with Crippen LogP contribution in [0.15, 0.2) is 0 Å². The van der Waals surface area contributed by atoms with Crippen molar-refractivity contribution in [3.63, 3.8) is 0 Å². The maximum atomic E-state index is 5.83. The second-order valence-electron chi connectivity index (χ2n) is 4.15. The largest absolute Gasteiger partial charge is 0.373 e. The summed E-state index contributed by atoms with van der Waals surface area (Å²) in [5.41, 5.74) is -0.105. The van der Waals surface area contributed by atoms with Gasteiger partial charge in [0.25, 0.3) is 0 Å². The Morgan fingerprint density at radius 2 is 2.23 bits per heavy atom. The first-order chi connectivity index (χ1) is 6.20. The van der Waals surface area contributed by atoms with Crippen LogP contribution in [0.3, 0.4) is 0 Å². The first-order valence-corrected chi connectivity index (χ1v) is 7.02. The predicted octanol–water partition coefficient (Wildman–Crippen LogP) is 3.63. The monoisotopic (exact) mass is 316 g/mol. The van der Waals surface area contributed by atoms with Crippen molar-refractivity contribution in [2.45, 2.75) is 38.2 Å². The molecule has 1 nitrogen and oxygen atoms in total. The van der Waals surface area contributed by atoms with Crippen LogP contribution in [0.5, 0.6) is 0 Å². The van der Waals surface area contributed by atoms with Crippen molar-refractivity contribution < 1.29 is 4.74 Å². The number of halogens is 2. The SMILES string of the molecule is CC(CCl)(CI)OCCCC1CC1. The Morgan fingerprint density at radius 3 is 2.69 bits per heavy atom. The van der Waals surface area contributed by atoms with Gasteiger partial charge < -0.3 is 4.74 Å². The van der Waals surface area contributed by atoms with E-state index in [2.05, 4.69) is 29.5 Å².